The summed E-state index contributed by atoms with van der Waals surface area (Å²) in [5.41, 5.74) is 1.02. The Morgan fingerprint density at radius 1 is 1.10 bits per heavy atom. The third-order valence-electron chi connectivity index (χ3n) is 3.67. The number of rotatable bonds is 6. The zero-order valence-electron chi connectivity index (χ0n) is 12.5. The van der Waals surface area contributed by atoms with Gasteiger partial charge >= 0.3 is 11.9 Å². The van der Waals surface area contributed by atoms with Crippen LogP contribution < -0.4 is 0 Å². The molecule has 4 nitrogen and oxygen atoms in total. The molecule has 4 heteroatoms. The van der Waals surface area contributed by atoms with Crippen LogP contribution in [0.4, 0.5) is 0 Å². The summed E-state index contributed by atoms with van der Waals surface area (Å²) in [6.07, 6.45) is 2.40. The summed E-state index contributed by atoms with van der Waals surface area (Å²) < 4.78 is 0. The van der Waals surface area contributed by atoms with Gasteiger partial charge in [0.2, 0.25) is 0 Å². The van der Waals surface area contributed by atoms with Gasteiger partial charge < -0.3 is 10.2 Å². The molecule has 0 atom stereocenters. The van der Waals surface area contributed by atoms with E-state index in [9.17, 15) is 19.8 Å². The second-order valence-electron chi connectivity index (χ2n) is 5.62. The van der Waals surface area contributed by atoms with E-state index >= 15 is 0 Å². The molecule has 20 heavy (non-hydrogen) atoms. The number of carboxylic acids is 2. The van der Waals surface area contributed by atoms with Gasteiger partial charge in [0.25, 0.3) is 0 Å². The lowest BCUT2D eigenvalue weighted by molar-refractivity contribution is 0.0649. The second kappa shape index (κ2) is 6.07. The molecule has 1 rings (SSSR count). The average molecular weight is 278 g/mol. The number of hydrogen-bond donors (Lipinski definition) is 2. The van der Waals surface area contributed by atoms with Crippen LogP contribution in [-0.4, -0.2) is 22.2 Å². The van der Waals surface area contributed by atoms with Crippen molar-refractivity contribution in [2.75, 3.05) is 0 Å². The maximum Gasteiger partial charge on any atom is 0.336 e. The SMILES string of the molecule is CCCC(C)(C)c1c(CC)ccc(C(=O)O)c1C(=O)O. The molecule has 0 saturated carbocycles. The summed E-state index contributed by atoms with van der Waals surface area (Å²) in [7, 11) is 0. The van der Waals surface area contributed by atoms with Crippen molar-refractivity contribution in [3.05, 3.63) is 34.4 Å². The first-order valence-electron chi connectivity index (χ1n) is 6.89. The van der Waals surface area contributed by atoms with Gasteiger partial charge in [-0.05, 0) is 35.4 Å². The van der Waals surface area contributed by atoms with Crippen LogP contribution >= 0.6 is 0 Å². The van der Waals surface area contributed by atoms with Gasteiger partial charge in [-0.2, -0.15) is 0 Å². The maximum absolute atomic E-state index is 11.6. The van der Waals surface area contributed by atoms with Gasteiger partial charge in [-0.25, -0.2) is 9.59 Å². The van der Waals surface area contributed by atoms with Crippen molar-refractivity contribution in [1.82, 2.24) is 0 Å². The minimum Gasteiger partial charge on any atom is -0.478 e. The van der Waals surface area contributed by atoms with Gasteiger partial charge in [-0.3, -0.25) is 0 Å². The zero-order chi connectivity index (χ0) is 15.5. The highest BCUT2D eigenvalue weighted by Crippen LogP contribution is 2.35. The summed E-state index contributed by atoms with van der Waals surface area (Å²) in [4.78, 5) is 22.9. The van der Waals surface area contributed by atoms with Crippen LogP contribution in [0.5, 0.6) is 0 Å². The molecule has 0 fully saturated rings. The fraction of sp³-hybridized carbons (Fsp3) is 0.500. The Kier molecular flexibility index (Phi) is 4.93. The van der Waals surface area contributed by atoms with Gasteiger partial charge in [0.05, 0.1) is 11.1 Å². The van der Waals surface area contributed by atoms with Crippen molar-refractivity contribution in [2.24, 2.45) is 0 Å². The van der Waals surface area contributed by atoms with E-state index in [1.807, 2.05) is 27.7 Å². The van der Waals surface area contributed by atoms with Crippen molar-refractivity contribution >= 4 is 11.9 Å². The smallest absolute Gasteiger partial charge is 0.336 e. The van der Waals surface area contributed by atoms with Crippen molar-refractivity contribution < 1.29 is 19.8 Å². The molecule has 0 unspecified atom stereocenters. The van der Waals surface area contributed by atoms with Crippen molar-refractivity contribution in [1.29, 1.82) is 0 Å². The number of aryl methyl sites for hydroxylation is 1. The van der Waals surface area contributed by atoms with Crippen molar-refractivity contribution in [2.45, 2.75) is 52.4 Å². The number of carboxylic acid groups (broad SMARTS) is 2. The van der Waals surface area contributed by atoms with Crippen molar-refractivity contribution in [3.63, 3.8) is 0 Å². The van der Waals surface area contributed by atoms with Gasteiger partial charge in [-0.1, -0.05) is 40.2 Å². The predicted octanol–water partition coefficient (Wildman–Crippen LogP) is 3.72. The Morgan fingerprint density at radius 2 is 1.70 bits per heavy atom. The van der Waals surface area contributed by atoms with Gasteiger partial charge in [0, 0.05) is 0 Å². The Bertz CT molecular complexity index is 530. The molecule has 0 spiro atoms. The fourth-order valence-electron chi connectivity index (χ4n) is 2.86. The lowest BCUT2D eigenvalue weighted by Gasteiger charge is -2.29. The number of carbonyl (C=O) groups is 2. The number of benzene rings is 1. The van der Waals surface area contributed by atoms with E-state index in [-0.39, 0.29) is 16.5 Å². The van der Waals surface area contributed by atoms with E-state index in [1.54, 1.807) is 6.07 Å². The molecule has 0 heterocycles. The summed E-state index contributed by atoms with van der Waals surface area (Å²) in [5, 5.41) is 18.7. The highest BCUT2D eigenvalue weighted by Gasteiger charge is 2.31. The Hall–Kier alpha value is -1.84. The van der Waals surface area contributed by atoms with E-state index in [1.165, 1.54) is 6.07 Å². The van der Waals surface area contributed by atoms with Crippen LogP contribution in [0.2, 0.25) is 0 Å². The first-order valence-corrected chi connectivity index (χ1v) is 6.89. The molecule has 0 amide bonds. The molecule has 2 N–H and O–H groups in total. The lowest BCUT2D eigenvalue weighted by atomic mass is 9.74. The van der Waals surface area contributed by atoms with E-state index < -0.39 is 11.9 Å². The van der Waals surface area contributed by atoms with Gasteiger partial charge in [0.15, 0.2) is 0 Å². The lowest BCUT2D eigenvalue weighted by Crippen LogP contribution is -2.25. The average Bonchev–Trinajstić information content (AvgIpc) is 2.36. The molecule has 0 aliphatic carbocycles. The van der Waals surface area contributed by atoms with Crippen LogP contribution in [0, 0.1) is 0 Å². The van der Waals surface area contributed by atoms with Crippen LogP contribution in [0.3, 0.4) is 0 Å². The molecule has 1 aromatic carbocycles. The molecular formula is C16H22O4. The number of aromatic carboxylic acids is 2. The van der Waals surface area contributed by atoms with Gasteiger partial charge in [0.1, 0.15) is 0 Å². The van der Waals surface area contributed by atoms with Gasteiger partial charge in [-0.15, -0.1) is 0 Å². The summed E-state index contributed by atoms with van der Waals surface area (Å²) in [6, 6.07) is 3.14. The molecule has 0 radical (unpaired) electrons. The maximum atomic E-state index is 11.6. The highest BCUT2D eigenvalue weighted by molar-refractivity contribution is 6.03. The third kappa shape index (κ3) is 3.00. The number of hydrogen-bond acceptors (Lipinski definition) is 2. The monoisotopic (exact) mass is 278 g/mol. The molecule has 110 valence electrons. The second-order valence-corrected chi connectivity index (χ2v) is 5.62. The standard InChI is InChI=1S/C16H22O4/c1-5-9-16(3,4)13-10(6-2)7-8-11(14(17)18)12(13)15(19)20/h7-8H,5-6,9H2,1-4H3,(H,17,18)(H,19,20). The van der Waals surface area contributed by atoms with Crippen LogP contribution in [-0.2, 0) is 11.8 Å². The summed E-state index contributed by atoms with van der Waals surface area (Å²) >= 11 is 0. The van der Waals surface area contributed by atoms with E-state index in [2.05, 4.69) is 0 Å². The zero-order valence-corrected chi connectivity index (χ0v) is 12.5. The predicted molar refractivity (Wildman–Crippen MR) is 77.7 cm³/mol. The Balaban J connectivity index is 3.72. The van der Waals surface area contributed by atoms with Crippen LogP contribution in [0.25, 0.3) is 0 Å². The minimum atomic E-state index is -1.20. The molecular weight excluding hydrogens is 256 g/mol. The highest BCUT2D eigenvalue weighted by atomic mass is 16.4. The largest absolute Gasteiger partial charge is 0.478 e. The minimum absolute atomic E-state index is 0.0599. The first kappa shape index (κ1) is 16.2. The summed E-state index contributed by atoms with van der Waals surface area (Å²) in [6.45, 7) is 7.94. The molecule has 0 aliphatic rings. The molecule has 0 aliphatic heterocycles. The van der Waals surface area contributed by atoms with Crippen molar-refractivity contribution in [3.8, 4) is 0 Å². The topological polar surface area (TPSA) is 74.6 Å². The van der Waals surface area contributed by atoms with Crippen LogP contribution in [0.15, 0.2) is 12.1 Å². The fourth-order valence-corrected chi connectivity index (χ4v) is 2.86. The molecule has 0 saturated heterocycles. The molecule has 0 bridgehead atoms. The summed E-state index contributed by atoms with van der Waals surface area (Å²) in [5.74, 6) is -2.37. The normalized spacial score (nSPS) is 11.4. The quantitative estimate of drug-likeness (QED) is 0.831. The third-order valence-corrected chi connectivity index (χ3v) is 3.67. The van der Waals surface area contributed by atoms with E-state index in [4.69, 9.17) is 0 Å². The first-order chi connectivity index (χ1) is 9.26. The Labute approximate surface area is 119 Å². The molecule has 0 aromatic heterocycles. The van der Waals surface area contributed by atoms with E-state index in [0.29, 0.717) is 12.0 Å². The molecule has 1 aromatic rings. The Morgan fingerprint density at radius 3 is 2.10 bits per heavy atom. The van der Waals surface area contributed by atoms with Crippen LogP contribution in [0.1, 0.15) is 72.4 Å². The van der Waals surface area contributed by atoms with E-state index in [0.717, 1.165) is 18.4 Å².